The Morgan fingerprint density at radius 2 is 2.42 bits per heavy atom. The Hall–Kier alpha value is -0.960. The van der Waals surface area contributed by atoms with Crippen LogP contribution in [0, 0.1) is 0 Å². The molecule has 2 nitrogen and oxygen atoms in total. The Labute approximate surface area is 75.6 Å². The van der Waals surface area contributed by atoms with Crippen LogP contribution < -0.4 is 0 Å². The van der Waals surface area contributed by atoms with E-state index in [0.29, 0.717) is 0 Å². The summed E-state index contributed by atoms with van der Waals surface area (Å²) in [5, 5.41) is 0. The molecule has 0 atom stereocenters. The van der Waals surface area contributed by atoms with Crippen LogP contribution >= 0.6 is 11.8 Å². The molecule has 62 valence electrons. The highest BCUT2D eigenvalue weighted by Gasteiger charge is 1.99. The second kappa shape index (κ2) is 3.19. The van der Waals surface area contributed by atoms with Gasteiger partial charge in [-0.1, -0.05) is 6.07 Å². The number of nitrogens with zero attached hydrogens (tertiary/aromatic N) is 2. The largest absolute Gasteiger partial charge is 0.303 e. The van der Waals surface area contributed by atoms with Crippen molar-refractivity contribution in [2.45, 2.75) is 5.75 Å². The molecular formula is C9H10N2S. The molecule has 0 aliphatic rings. The summed E-state index contributed by atoms with van der Waals surface area (Å²) in [4.78, 5) is 4.29. The van der Waals surface area contributed by atoms with Crippen molar-refractivity contribution in [2.24, 2.45) is 0 Å². The Bertz CT molecular complexity index is 381. The van der Waals surface area contributed by atoms with Gasteiger partial charge in [0.25, 0.3) is 0 Å². The van der Waals surface area contributed by atoms with Crippen molar-refractivity contribution in [1.29, 1.82) is 0 Å². The molecule has 0 N–H and O–H groups in total. The minimum Gasteiger partial charge on any atom is -0.303 e. The van der Waals surface area contributed by atoms with E-state index in [-0.39, 0.29) is 0 Å². The van der Waals surface area contributed by atoms with Crippen LogP contribution in [-0.2, 0) is 5.75 Å². The van der Waals surface area contributed by atoms with Crippen LogP contribution in [0.2, 0.25) is 0 Å². The van der Waals surface area contributed by atoms with Crippen LogP contribution in [0.5, 0.6) is 0 Å². The zero-order valence-electron chi connectivity index (χ0n) is 6.90. The fraction of sp³-hybridized carbons (Fsp3) is 0.222. The third-order valence-electron chi connectivity index (χ3n) is 1.79. The van der Waals surface area contributed by atoms with Gasteiger partial charge in [0.1, 0.15) is 5.65 Å². The number of rotatable bonds is 2. The monoisotopic (exact) mass is 178 g/mol. The van der Waals surface area contributed by atoms with Gasteiger partial charge in [-0.3, -0.25) is 0 Å². The minimum atomic E-state index is 1.02. The molecule has 0 unspecified atom stereocenters. The van der Waals surface area contributed by atoms with Crippen molar-refractivity contribution in [1.82, 2.24) is 9.38 Å². The summed E-state index contributed by atoms with van der Waals surface area (Å²) in [6.45, 7) is 0. The molecule has 0 aliphatic heterocycles. The van der Waals surface area contributed by atoms with E-state index in [1.807, 2.05) is 42.4 Å². The van der Waals surface area contributed by atoms with Gasteiger partial charge in [0.2, 0.25) is 0 Å². The van der Waals surface area contributed by atoms with Gasteiger partial charge in [-0.2, -0.15) is 11.8 Å². The molecule has 2 aromatic rings. The molecule has 12 heavy (non-hydrogen) atoms. The number of hydrogen-bond acceptors (Lipinski definition) is 2. The lowest BCUT2D eigenvalue weighted by molar-refractivity contribution is 1.09. The maximum absolute atomic E-state index is 4.29. The summed E-state index contributed by atoms with van der Waals surface area (Å²) in [6, 6.07) is 6.05. The molecule has 2 rings (SSSR count). The summed E-state index contributed by atoms with van der Waals surface area (Å²) in [5.41, 5.74) is 2.29. The third-order valence-corrected chi connectivity index (χ3v) is 2.37. The van der Waals surface area contributed by atoms with Gasteiger partial charge in [-0.25, -0.2) is 4.98 Å². The summed E-state index contributed by atoms with van der Waals surface area (Å²) < 4.78 is 2.12. The molecule has 0 amide bonds. The Morgan fingerprint density at radius 3 is 3.25 bits per heavy atom. The van der Waals surface area contributed by atoms with E-state index in [4.69, 9.17) is 0 Å². The zero-order valence-corrected chi connectivity index (χ0v) is 7.71. The maximum Gasteiger partial charge on any atom is 0.136 e. The van der Waals surface area contributed by atoms with Gasteiger partial charge in [0, 0.05) is 11.9 Å². The van der Waals surface area contributed by atoms with E-state index in [0.717, 1.165) is 11.4 Å². The summed E-state index contributed by atoms with van der Waals surface area (Å²) in [7, 11) is 0. The second-order valence-corrected chi connectivity index (χ2v) is 3.48. The Morgan fingerprint density at radius 1 is 1.50 bits per heavy atom. The van der Waals surface area contributed by atoms with Gasteiger partial charge in [0.15, 0.2) is 0 Å². The molecule has 3 heteroatoms. The number of aromatic nitrogens is 2. The van der Waals surface area contributed by atoms with Crippen molar-refractivity contribution in [3.63, 3.8) is 0 Å². The van der Waals surface area contributed by atoms with E-state index in [2.05, 4.69) is 15.6 Å². The molecular weight excluding hydrogens is 168 g/mol. The van der Waals surface area contributed by atoms with Crippen molar-refractivity contribution in [3.8, 4) is 0 Å². The molecule has 0 saturated heterocycles. The fourth-order valence-corrected chi connectivity index (χ4v) is 1.75. The zero-order chi connectivity index (χ0) is 8.39. The van der Waals surface area contributed by atoms with E-state index in [1.165, 1.54) is 5.69 Å². The molecule has 2 aromatic heterocycles. The number of pyridine rings is 1. The number of imidazole rings is 1. The average molecular weight is 178 g/mol. The number of hydrogen-bond donors (Lipinski definition) is 0. The summed E-state index contributed by atoms with van der Waals surface area (Å²) in [5.74, 6) is 1.02. The van der Waals surface area contributed by atoms with Crippen LogP contribution in [0.25, 0.3) is 5.65 Å². The summed E-state index contributed by atoms with van der Waals surface area (Å²) in [6.07, 6.45) is 6.09. The quantitative estimate of drug-likeness (QED) is 0.701. The maximum atomic E-state index is 4.29. The predicted molar refractivity (Wildman–Crippen MR) is 52.4 cm³/mol. The lowest BCUT2D eigenvalue weighted by Gasteiger charge is -1.97. The molecule has 0 radical (unpaired) electrons. The first-order valence-electron chi connectivity index (χ1n) is 3.82. The fourth-order valence-electron chi connectivity index (χ4n) is 1.24. The summed E-state index contributed by atoms with van der Waals surface area (Å²) >= 11 is 1.81. The molecule has 2 heterocycles. The van der Waals surface area contributed by atoms with Crippen LogP contribution in [0.1, 0.15) is 5.69 Å². The topological polar surface area (TPSA) is 17.3 Å². The highest BCUT2D eigenvalue weighted by atomic mass is 32.2. The van der Waals surface area contributed by atoms with Gasteiger partial charge in [-0.05, 0) is 18.4 Å². The highest BCUT2D eigenvalue weighted by molar-refractivity contribution is 7.97. The predicted octanol–water partition coefficient (Wildman–Crippen LogP) is 2.20. The first-order valence-corrected chi connectivity index (χ1v) is 5.21. The molecule has 0 aromatic carbocycles. The third kappa shape index (κ3) is 1.20. The van der Waals surface area contributed by atoms with Gasteiger partial charge in [0.05, 0.1) is 11.9 Å². The smallest absolute Gasteiger partial charge is 0.136 e. The Kier molecular flexibility index (Phi) is 2.04. The standard InChI is InChI=1S/C9H10N2S/c1-12-7-8-6-10-9-4-2-3-5-11(8)9/h2-6H,7H2,1H3. The van der Waals surface area contributed by atoms with Crippen LogP contribution in [0.4, 0.5) is 0 Å². The van der Waals surface area contributed by atoms with E-state index in [1.54, 1.807) is 0 Å². The highest BCUT2D eigenvalue weighted by Crippen LogP contribution is 2.11. The average Bonchev–Trinajstić information content (AvgIpc) is 2.50. The molecule has 0 saturated carbocycles. The van der Waals surface area contributed by atoms with Crippen LogP contribution in [0.3, 0.4) is 0 Å². The van der Waals surface area contributed by atoms with Gasteiger partial charge >= 0.3 is 0 Å². The minimum absolute atomic E-state index is 1.02. The van der Waals surface area contributed by atoms with Crippen LogP contribution in [0.15, 0.2) is 30.6 Å². The van der Waals surface area contributed by atoms with Crippen molar-refractivity contribution >= 4 is 17.4 Å². The van der Waals surface area contributed by atoms with Crippen molar-refractivity contribution < 1.29 is 0 Å². The number of thioether (sulfide) groups is 1. The van der Waals surface area contributed by atoms with Crippen molar-refractivity contribution in [3.05, 3.63) is 36.3 Å². The van der Waals surface area contributed by atoms with Gasteiger partial charge < -0.3 is 4.40 Å². The normalized spacial score (nSPS) is 10.8. The van der Waals surface area contributed by atoms with Gasteiger partial charge in [-0.15, -0.1) is 0 Å². The van der Waals surface area contributed by atoms with E-state index < -0.39 is 0 Å². The SMILES string of the molecule is CSCc1cnc2ccccn12. The van der Waals surface area contributed by atoms with Crippen molar-refractivity contribution in [2.75, 3.05) is 6.26 Å². The Balaban J connectivity index is 2.55. The lowest BCUT2D eigenvalue weighted by Crippen LogP contribution is -1.88. The molecule has 0 aliphatic carbocycles. The van der Waals surface area contributed by atoms with Crippen LogP contribution in [-0.4, -0.2) is 15.6 Å². The van der Waals surface area contributed by atoms with E-state index >= 15 is 0 Å². The first kappa shape index (κ1) is 7.68. The molecule has 0 bridgehead atoms. The lowest BCUT2D eigenvalue weighted by atomic mass is 10.4. The molecule has 0 spiro atoms. The van der Waals surface area contributed by atoms with E-state index in [9.17, 15) is 0 Å². The first-order chi connectivity index (χ1) is 5.92. The molecule has 0 fully saturated rings. The second-order valence-electron chi connectivity index (χ2n) is 2.61. The number of fused-ring (bicyclic) bond motifs is 1.